The highest BCUT2D eigenvalue weighted by Crippen LogP contribution is 2.31. The molecule has 0 spiro atoms. The van der Waals surface area contributed by atoms with Crippen molar-refractivity contribution < 1.29 is 13.2 Å². The molecule has 0 aromatic carbocycles. The van der Waals surface area contributed by atoms with Gasteiger partial charge in [-0.15, -0.1) is 0 Å². The molecule has 1 aliphatic rings. The Kier molecular flexibility index (Phi) is 5.34. The van der Waals surface area contributed by atoms with E-state index >= 15 is 0 Å². The van der Waals surface area contributed by atoms with Gasteiger partial charge in [-0.1, -0.05) is 6.92 Å². The first kappa shape index (κ1) is 16.4. The molecule has 1 saturated heterocycles. The Morgan fingerprint density at radius 3 is 2.37 bits per heavy atom. The third-order valence-electron chi connectivity index (χ3n) is 3.66. The summed E-state index contributed by atoms with van der Waals surface area (Å²) in [6.45, 7) is 6.76. The number of ether oxygens (including phenoxy) is 1. The number of nitrogens with two attached hydrogens (primary N) is 1. The zero-order valence-electron chi connectivity index (χ0n) is 12.0. The van der Waals surface area contributed by atoms with Gasteiger partial charge in [-0.25, -0.2) is 12.7 Å². The van der Waals surface area contributed by atoms with Crippen LogP contribution in [0.2, 0.25) is 0 Å². The molecule has 112 valence electrons. The fraction of sp³-hybridized carbons (Fsp3) is 0.917. The Morgan fingerprint density at radius 2 is 1.95 bits per heavy atom. The second kappa shape index (κ2) is 6.19. The van der Waals surface area contributed by atoms with Gasteiger partial charge < -0.3 is 10.5 Å². The predicted octanol–water partition coefficient (Wildman–Crippen LogP) is 0.779. The number of piperidine rings is 1. The molecule has 1 rings (SSSR count). The lowest BCUT2D eigenvalue weighted by atomic mass is 9.80. The van der Waals surface area contributed by atoms with Crippen LogP contribution in [0.25, 0.3) is 0 Å². The number of rotatable bonds is 6. The molecule has 0 amide bonds. The van der Waals surface area contributed by atoms with Crippen LogP contribution in [0.5, 0.6) is 0 Å². The lowest BCUT2D eigenvalue weighted by Crippen LogP contribution is -2.47. The Morgan fingerprint density at radius 1 is 1.42 bits per heavy atom. The molecule has 0 aromatic heterocycles. The monoisotopic (exact) mass is 291 g/mol. The summed E-state index contributed by atoms with van der Waals surface area (Å²) in [6, 6.07) is 0. The van der Waals surface area contributed by atoms with Gasteiger partial charge in [0.25, 0.3) is 0 Å². The number of hydrogen-bond donors (Lipinski definition) is 2. The minimum atomic E-state index is -3.26. The summed E-state index contributed by atoms with van der Waals surface area (Å²) in [5, 5.41) is 7.56. The standard InChI is InChI=1S/C12H25N3O3S/c1-10(2)18-8-9-19(16,17)15-6-4-12(3,5-7-15)11(13)14/h10H,4-9H2,1-3H3,(H3,13,14). The maximum Gasteiger partial charge on any atom is 0.216 e. The summed E-state index contributed by atoms with van der Waals surface area (Å²) in [4.78, 5) is 0. The van der Waals surface area contributed by atoms with Crippen LogP contribution >= 0.6 is 0 Å². The lowest BCUT2D eigenvalue weighted by Gasteiger charge is -2.37. The van der Waals surface area contributed by atoms with E-state index in [-0.39, 0.29) is 29.7 Å². The molecule has 1 heterocycles. The minimum absolute atomic E-state index is 0.0158. The van der Waals surface area contributed by atoms with Crippen LogP contribution in [0.4, 0.5) is 0 Å². The van der Waals surface area contributed by atoms with Crippen molar-refractivity contribution in [3.63, 3.8) is 0 Å². The van der Waals surface area contributed by atoms with Crippen molar-refractivity contribution in [2.75, 3.05) is 25.4 Å². The van der Waals surface area contributed by atoms with Gasteiger partial charge in [0.2, 0.25) is 10.0 Å². The van der Waals surface area contributed by atoms with Gasteiger partial charge >= 0.3 is 0 Å². The third kappa shape index (κ3) is 4.43. The lowest BCUT2D eigenvalue weighted by molar-refractivity contribution is 0.0904. The summed E-state index contributed by atoms with van der Waals surface area (Å²) in [5.41, 5.74) is 5.20. The molecule has 19 heavy (non-hydrogen) atoms. The molecule has 0 aliphatic carbocycles. The van der Waals surface area contributed by atoms with Crippen LogP contribution in [-0.2, 0) is 14.8 Å². The largest absolute Gasteiger partial charge is 0.387 e. The Labute approximate surface area is 115 Å². The van der Waals surface area contributed by atoms with Crippen molar-refractivity contribution in [1.29, 1.82) is 5.41 Å². The molecule has 0 atom stereocenters. The summed E-state index contributed by atoms with van der Waals surface area (Å²) in [7, 11) is -3.26. The van der Waals surface area contributed by atoms with Crippen LogP contribution in [0.1, 0.15) is 33.6 Å². The van der Waals surface area contributed by atoms with Gasteiger partial charge in [0, 0.05) is 18.5 Å². The number of amidine groups is 1. The van der Waals surface area contributed by atoms with E-state index < -0.39 is 10.0 Å². The number of nitrogens with zero attached hydrogens (tertiary/aromatic N) is 1. The predicted molar refractivity (Wildman–Crippen MR) is 75.7 cm³/mol. The van der Waals surface area contributed by atoms with E-state index in [0.717, 1.165) is 0 Å². The first-order valence-corrected chi connectivity index (χ1v) is 8.22. The number of sulfonamides is 1. The molecule has 0 saturated carbocycles. The van der Waals surface area contributed by atoms with Gasteiger partial charge in [0.15, 0.2) is 0 Å². The highest BCUT2D eigenvalue weighted by molar-refractivity contribution is 7.89. The molecular formula is C12H25N3O3S. The van der Waals surface area contributed by atoms with E-state index in [1.165, 1.54) is 4.31 Å². The average Bonchev–Trinajstić information content (AvgIpc) is 2.28. The quantitative estimate of drug-likeness (QED) is 0.558. The molecule has 7 heteroatoms. The van der Waals surface area contributed by atoms with E-state index in [9.17, 15) is 8.42 Å². The van der Waals surface area contributed by atoms with Gasteiger partial charge in [-0.3, -0.25) is 5.41 Å². The fourth-order valence-electron chi connectivity index (χ4n) is 2.05. The van der Waals surface area contributed by atoms with Crippen LogP contribution in [0.15, 0.2) is 0 Å². The van der Waals surface area contributed by atoms with E-state index in [1.807, 2.05) is 20.8 Å². The molecule has 0 unspecified atom stereocenters. The van der Waals surface area contributed by atoms with Crippen LogP contribution in [-0.4, -0.2) is 50.1 Å². The van der Waals surface area contributed by atoms with Crippen LogP contribution in [0.3, 0.4) is 0 Å². The van der Waals surface area contributed by atoms with Crippen LogP contribution in [0, 0.1) is 10.8 Å². The summed E-state index contributed by atoms with van der Waals surface area (Å²) in [6.07, 6.45) is 1.25. The third-order valence-corrected chi connectivity index (χ3v) is 5.50. The second-order valence-electron chi connectivity index (χ2n) is 5.61. The Bertz CT molecular complexity index is 412. The van der Waals surface area contributed by atoms with Crippen molar-refractivity contribution in [2.24, 2.45) is 11.1 Å². The highest BCUT2D eigenvalue weighted by atomic mass is 32.2. The molecule has 6 nitrogen and oxygen atoms in total. The Balaban J connectivity index is 2.52. The van der Waals surface area contributed by atoms with Crippen molar-refractivity contribution in [3.8, 4) is 0 Å². The van der Waals surface area contributed by atoms with Crippen molar-refractivity contribution in [2.45, 2.75) is 39.7 Å². The number of hydrogen-bond acceptors (Lipinski definition) is 4. The SMILES string of the molecule is CC(C)OCCS(=O)(=O)N1CCC(C)(C(=N)N)CC1. The fourth-order valence-corrected chi connectivity index (χ4v) is 3.35. The zero-order chi connectivity index (χ0) is 14.7. The number of nitrogens with one attached hydrogen (secondary N) is 1. The molecule has 0 bridgehead atoms. The second-order valence-corrected chi connectivity index (χ2v) is 7.70. The van der Waals surface area contributed by atoms with Crippen LogP contribution < -0.4 is 5.73 Å². The molecule has 1 fully saturated rings. The molecule has 1 aliphatic heterocycles. The molecule has 0 aromatic rings. The minimum Gasteiger partial charge on any atom is -0.387 e. The maximum absolute atomic E-state index is 12.1. The maximum atomic E-state index is 12.1. The zero-order valence-corrected chi connectivity index (χ0v) is 12.8. The van der Waals surface area contributed by atoms with Crippen molar-refractivity contribution in [3.05, 3.63) is 0 Å². The van der Waals surface area contributed by atoms with E-state index in [2.05, 4.69) is 0 Å². The first-order chi connectivity index (χ1) is 8.67. The highest BCUT2D eigenvalue weighted by Gasteiger charge is 2.36. The topological polar surface area (TPSA) is 96.5 Å². The van der Waals surface area contributed by atoms with Gasteiger partial charge in [-0.2, -0.15) is 0 Å². The van der Waals surface area contributed by atoms with Gasteiger partial charge in [0.1, 0.15) is 0 Å². The van der Waals surface area contributed by atoms with Gasteiger partial charge in [0.05, 0.1) is 24.3 Å². The molecule has 3 N–H and O–H groups in total. The summed E-state index contributed by atoms with van der Waals surface area (Å²) in [5.74, 6) is 0.162. The average molecular weight is 291 g/mol. The first-order valence-electron chi connectivity index (χ1n) is 6.61. The van der Waals surface area contributed by atoms with Crippen molar-refractivity contribution in [1.82, 2.24) is 4.31 Å². The summed E-state index contributed by atoms with van der Waals surface area (Å²) < 4.78 is 31.0. The normalized spacial score (nSPS) is 20.6. The smallest absolute Gasteiger partial charge is 0.216 e. The van der Waals surface area contributed by atoms with E-state index in [4.69, 9.17) is 15.9 Å². The van der Waals surface area contributed by atoms with Crippen molar-refractivity contribution >= 4 is 15.9 Å². The van der Waals surface area contributed by atoms with Gasteiger partial charge in [-0.05, 0) is 26.7 Å². The molecule has 0 radical (unpaired) electrons. The summed E-state index contributed by atoms with van der Waals surface area (Å²) >= 11 is 0. The Hall–Kier alpha value is -0.660. The van der Waals surface area contributed by atoms with E-state index in [1.54, 1.807) is 0 Å². The molecular weight excluding hydrogens is 266 g/mol. The van der Waals surface area contributed by atoms with E-state index in [0.29, 0.717) is 25.9 Å².